The molecule has 2 aromatic heterocycles. The molecule has 2 heterocycles. The van der Waals surface area contributed by atoms with Gasteiger partial charge in [0.05, 0.1) is 0 Å². The van der Waals surface area contributed by atoms with E-state index in [0.29, 0.717) is 5.82 Å². The molecule has 0 aliphatic carbocycles. The van der Waals surface area contributed by atoms with E-state index in [0.717, 1.165) is 21.8 Å². The van der Waals surface area contributed by atoms with Crippen molar-refractivity contribution in [1.29, 1.82) is 0 Å². The van der Waals surface area contributed by atoms with E-state index in [1.807, 2.05) is 76.6 Å². The standard InChI is InChI=1S/C20H15N3OS/c24-17(12-11-15-7-3-1-4-8-15)21-19-18(16-9-5-2-6-10-16)22-20-23(19)13-14-25-20/h1-14H,(H,21,24). The van der Waals surface area contributed by atoms with Crippen LogP contribution in [0, 0.1) is 0 Å². The van der Waals surface area contributed by atoms with E-state index in [9.17, 15) is 4.79 Å². The van der Waals surface area contributed by atoms with Gasteiger partial charge in [-0.2, -0.15) is 0 Å². The molecule has 0 saturated carbocycles. The number of anilines is 1. The van der Waals surface area contributed by atoms with E-state index < -0.39 is 0 Å². The Kier molecular flexibility index (Phi) is 4.14. The summed E-state index contributed by atoms with van der Waals surface area (Å²) in [6.07, 6.45) is 5.25. The van der Waals surface area contributed by atoms with Crippen LogP contribution in [0.2, 0.25) is 0 Å². The van der Waals surface area contributed by atoms with Crippen LogP contribution < -0.4 is 5.32 Å². The van der Waals surface area contributed by atoms with E-state index in [4.69, 9.17) is 0 Å². The Bertz CT molecular complexity index is 1030. The average Bonchev–Trinajstić information content (AvgIpc) is 3.24. The van der Waals surface area contributed by atoms with Crippen LogP contribution in [0.5, 0.6) is 0 Å². The summed E-state index contributed by atoms with van der Waals surface area (Å²) < 4.78 is 1.90. The van der Waals surface area contributed by atoms with Crippen molar-refractivity contribution in [2.75, 3.05) is 5.32 Å². The molecule has 0 saturated heterocycles. The van der Waals surface area contributed by atoms with Gasteiger partial charge in [-0.25, -0.2) is 4.98 Å². The highest BCUT2D eigenvalue weighted by Gasteiger charge is 2.16. The minimum atomic E-state index is -0.186. The van der Waals surface area contributed by atoms with Gasteiger partial charge in [-0.15, -0.1) is 11.3 Å². The van der Waals surface area contributed by atoms with E-state index in [-0.39, 0.29) is 5.91 Å². The Morgan fingerprint density at radius 2 is 1.76 bits per heavy atom. The summed E-state index contributed by atoms with van der Waals surface area (Å²) in [4.78, 5) is 17.9. The molecule has 25 heavy (non-hydrogen) atoms. The topological polar surface area (TPSA) is 46.4 Å². The maximum atomic E-state index is 12.4. The molecule has 0 spiro atoms. The number of nitrogens with one attached hydrogen (secondary N) is 1. The van der Waals surface area contributed by atoms with Crippen LogP contribution in [-0.2, 0) is 4.79 Å². The highest BCUT2D eigenvalue weighted by molar-refractivity contribution is 7.15. The first-order valence-corrected chi connectivity index (χ1v) is 8.74. The number of carbonyl (C=O) groups excluding carboxylic acids is 1. The van der Waals surface area contributed by atoms with E-state index in [2.05, 4.69) is 10.3 Å². The lowest BCUT2D eigenvalue weighted by Crippen LogP contribution is -2.10. The van der Waals surface area contributed by atoms with Crippen LogP contribution >= 0.6 is 11.3 Å². The predicted octanol–water partition coefficient (Wildman–Crippen LogP) is 4.71. The van der Waals surface area contributed by atoms with Crippen LogP contribution in [0.1, 0.15) is 5.56 Å². The van der Waals surface area contributed by atoms with Crippen LogP contribution in [0.15, 0.2) is 78.3 Å². The number of carbonyl (C=O) groups is 1. The van der Waals surface area contributed by atoms with Gasteiger partial charge in [0, 0.05) is 23.2 Å². The van der Waals surface area contributed by atoms with Gasteiger partial charge in [0.15, 0.2) is 4.96 Å². The van der Waals surface area contributed by atoms with Crippen molar-refractivity contribution in [3.8, 4) is 11.3 Å². The number of thiazole rings is 1. The molecule has 4 nitrogen and oxygen atoms in total. The largest absolute Gasteiger partial charge is 0.306 e. The molecule has 4 rings (SSSR count). The molecule has 0 radical (unpaired) electrons. The summed E-state index contributed by atoms with van der Waals surface area (Å²) in [6.45, 7) is 0. The zero-order valence-corrected chi connectivity index (χ0v) is 14.1. The molecule has 0 unspecified atom stereocenters. The monoisotopic (exact) mass is 345 g/mol. The highest BCUT2D eigenvalue weighted by Crippen LogP contribution is 2.30. The minimum absolute atomic E-state index is 0.186. The molecule has 0 aliphatic heterocycles. The summed E-state index contributed by atoms with van der Waals surface area (Å²) >= 11 is 1.54. The molecule has 0 atom stereocenters. The molecule has 1 N–H and O–H groups in total. The van der Waals surface area contributed by atoms with Crippen molar-refractivity contribution in [2.45, 2.75) is 0 Å². The SMILES string of the molecule is O=C(C=Cc1ccccc1)Nc1c(-c2ccccc2)nc2sccn12. The second-order valence-corrected chi connectivity index (χ2v) is 6.34. The lowest BCUT2D eigenvalue weighted by molar-refractivity contribution is -0.111. The van der Waals surface area contributed by atoms with Crippen molar-refractivity contribution in [2.24, 2.45) is 0 Å². The lowest BCUT2D eigenvalue weighted by atomic mass is 10.1. The number of aromatic nitrogens is 2. The normalized spacial score (nSPS) is 11.2. The van der Waals surface area contributed by atoms with Crippen LogP contribution in [-0.4, -0.2) is 15.3 Å². The van der Waals surface area contributed by atoms with Gasteiger partial charge in [0.1, 0.15) is 11.5 Å². The van der Waals surface area contributed by atoms with Gasteiger partial charge < -0.3 is 5.32 Å². The third-order valence-corrected chi connectivity index (χ3v) is 4.53. The van der Waals surface area contributed by atoms with Crippen molar-refractivity contribution < 1.29 is 4.79 Å². The first kappa shape index (κ1) is 15.4. The number of hydrogen-bond acceptors (Lipinski definition) is 3. The Balaban J connectivity index is 1.65. The average molecular weight is 345 g/mol. The molecular formula is C20H15N3OS. The van der Waals surface area contributed by atoms with Gasteiger partial charge >= 0.3 is 0 Å². The van der Waals surface area contributed by atoms with Crippen LogP contribution in [0.4, 0.5) is 5.82 Å². The van der Waals surface area contributed by atoms with Gasteiger partial charge in [-0.3, -0.25) is 9.20 Å². The molecule has 0 fully saturated rings. The number of nitrogens with zero attached hydrogens (tertiary/aromatic N) is 2. The summed E-state index contributed by atoms with van der Waals surface area (Å²) in [7, 11) is 0. The van der Waals surface area contributed by atoms with Crippen molar-refractivity contribution in [1.82, 2.24) is 9.38 Å². The lowest BCUT2D eigenvalue weighted by Gasteiger charge is -2.05. The molecule has 4 aromatic rings. The number of fused-ring (bicyclic) bond motifs is 1. The smallest absolute Gasteiger partial charge is 0.249 e. The quantitative estimate of drug-likeness (QED) is 0.544. The van der Waals surface area contributed by atoms with Gasteiger partial charge in [-0.05, 0) is 11.6 Å². The number of amides is 1. The summed E-state index contributed by atoms with van der Waals surface area (Å²) in [5, 5.41) is 4.92. The summed E-state index contributed by atoms with van der Waals surface area (Å²) in [5.74, 6) is 0.499. The Morgan fingerprint density at radius 1 is 1.04 bits per heavy atom. The van der Waals surface area contributed by atoms with Gasteiger partial charge in [0.2, 0.25) is 5.91 Å². The van der Waals surface area contributed by atoms with Crippen molar-refractivity contribution >= 4 is 34.1 Å². The molecular weight excluding hydrogens is 330 g/mol. The Morgan fingerprint density at radius 3 is 2.52 bits per heavy atom. The maximum Gasteiger partial charge on any atom is 0.249 e. The van der Waals surface area contributed by atoms with E-state index in [1.165, 1.54) is 17.4 Å². The third kappa shape index (κ3) is 3.22. The molecule has 2 aromatic carbocycles. The summed E-state index contributed by atoms with van der Waals surface area (Å²) in [6, 6.07) is 19.6. The summed E-state index contributed by atoms with van der Waals surface area (Å²) in [5.41, 5.74) is 2.73. The second-order valence-electron chi connectivity index (χ2n) is 5.46. The fourth-order valence-corrected chi connectivity index (χ4v) is 3.31. The number of hydrogen-bond donors (Lipinski definition) is 1. The Hall–Kier alpha value is -3.18. The zero-order valence-electron chi connectivity index (χ0n) is 13.3. The molecule has 0 aliphatic rings. The van der Waals surface area contributed by atoms with Crippen molar-refractivity contribution in [3.63, 3.8) is 0 Å². The molecule has 0 bridgehead atoms. The first-order chi connectivity index (χ1) is 12.3. The highest BCUT2D eigenvalue weighted by atomic mass is 32.1. The predicted molar refractivity (Wildman–Crippen MR) is 103 cm³/mol. The fraction of sp³-hybridized carbons (Fsp3) is 0. The van der Waals surface area contributed by atoms with Gasteiger partial charge in [-0.1, -0.05) is 60.7 Å². The van der Waals surface area contributed by atoms with Crippen LogP contribution in [0.25, 0.3) is 22.3 Å². The number of imidazole rings is 1. The van der Waals surface area contributed by atoms with E-state index >= 15 is 0 Å². The first-order valence-electron chi connectivity index (χ1n) is 7.86. The minimum Gasteiger partial charge on any atom is -0.306 e. The maximum absolute atomic E-state index is 12.4. The van der Waals surface area contributed by atoms with E-state index in [1.54, 1.807) is 6.08 Å². The second kappa shape index (κ2) is 6.75. The molecule has 122 valence electrons. The Labute approximate surface area is 149 Å². The number of rotatable bonds is 4. The molecule has 1 amide bonds. The van der Waals surface area contributed by atoms with Crippen molar-refractivity contribution in [3.05, 3.63) is 83.9 Å². The molecule has 5 heteroatoms. The zero-order chi connectivity index (χ0) is 17.1. The fourth-order valence-electron chi connectivity index (χ4n) is 2.60. The van der Waals surface area contributed by atoms with Gasteiger partial charge in [0.25, 0.3) is 0 Å². The number of benzene rings is 2. The van der Waals surface area contributed by atoms with Crippen LogP contribution in [0.3, 0.4) is 0 Å². The third-order valence-electron chi connectivity index (χ3n) is 3.78.